The van der Waals surface area contributed by atoms with Crippen LogP contribution in [0.4, 0.5) is 5.69 Å². The van der Waals surface area contributed by atoms with Crippen LogP contribution in [0.5, 0.6) is 0 Å². The number of furan rings is 1. The van der Waals surface area contributed by atoms with Crippen LogP contribution >= 0.6 is 0 Å². The Morgan fingerprint density at radius 3 is 2.71 bits per heavy atom. The molecule has 0 aliphatic rings. The zero-order valence-corrected chi connectivity index (χ0v) is 9.93. The number of benzene rings is 1. The summed E-state index contributed by atoms with van der Waals surface area (Å²) in [7, 11) is 0. The van der Waals surface area contributed by atoms with Crippen LogP contribution in [-0.4, -0.2) is 12.6 Å². The number of hydrogen-bond acceptors (Lipinski definition) is 3. The average molecular weight is 231 g/mol. The van der Waals surface area contributed by atoms with Crippen LogP contribution in [0.2, 0.25) is 0 Å². The molecule has 0 fully saturated rings. The first-order valence-electron chi connectivity index (χ1n) is 5.77. The van der Waals surface area contributed by atoms with E-state index in [0.717, 1.165) is 18.0 Å². The number of nitrogens with one attached hydrogen (secondary N) is 1. The molecule has 0 aliphatic heterocycles. The maximum atomic E-state index is 5.65. The molecular weight excluding hydrogens is 214 g/mol. The molecule has 0 radical (unpaired) electrons. The standard InChI is InChI=1S/C14H17NO2/c1-12(17-11-14-8-5-9-16-14)10-15-13-6-3-2-4-7-13/h2-9,12,15H,10-11H2,1H3. The van der Waals surface area contributed by atoms with Gasteiger partial charge in [-0.05, 0) is 31.2 Å². The fraction of sp³-hybridized carbons (Fsp3) is 0.286. The molecule has 2 aromatic rings. The van der Waals surface area contributed by atoms with Crippen LogP contribution in [0, 0.1) is 0 Å². The summed E-state index contributed by atoms with van der Waals surface area (Å²) in [6.07, 6.45) is 1.80. The summed E-state index contributed by atoms with van der Waals surface area (Å²) in [6.45, 7) is 3.34. The van der Waals surface area contributed by atoms with Crippen molar-refractivity contribution in [1.29, 1.82) is 0 Å². The molecule has 1 unspecified atom stereocenters. The molecule has 3 heteroatoms. The second kappa shape index (κ2) is 6.11. The SMILES string of the molecule is CC(CNc1ccccc1)OCc1ccco1. The zero-order valence-electron chi connectivity index (χ0n) is 9.93. The van der Waals surface area contributed by atoms with Gasteiger partial charge in [-0.15, -0.1) is 0 Å². The highest BCUT2D eigenvalue weighted by atomic mass is 16.5. The number of para-hydroxylation sites is 1. The lowest BCUT2D eigenvalue weighted by molar-refractivity contribution is 0.0508. The van der Waals surface area contributed by atoms with Crippen molar-refractivity contribution < 1.29 is 9.15 Å². The second-order valence-corrected chi connectivity index (χ2v) is 3.95. The van der Waals surface area contributed by atoms with Crippen LogP contribution in [0.15, 0.2) is 53.1 Å². The van der Waals surface area contributed by atoms with Crippen molar-refractivity contribution in [1.82, 2.24) is 0 Å². The third-order valence-electron chi connectivity index (χ3n) is 2.46. The normalized spacial score (nSPS) is 12.3. The Morgan fingerprint density at radius 2 is 2.00 bits per heavy atom. The topological polar surface area (TPSA) is 34.4 Å². The van der Waals surface area contributed by atoms with Crippen LogP contribution in [0.1, 0.15) is 12.7 Å². The minimum atomic E-state index is 0.139. The highest BCUT2D eigenvalue weighted by Gasteiger charge is 2.03. The Bertz CT molecular complexity index is 411. The van der Waals surface area contributed by atoms with Crippen LogP contribution in [-0.2, 0) is 11.3 Å². The average Bonchev–Trinajstić information content (AvgIpc) is 2.88. The van der Waals surface area contributed by atoms with Crippen molar-refractivity contribution in [2.45, 2.75) is 19.6 Å². The maximum absolute atomic E-state index is 5.65. The summed E-state index contributed by atoms with van der Waals surface area (Å²) >= 11 is 0. The van der Waals surface area contributed by atoms with E-state index in [1.54, 1.807) is 6.26 Å². The minimum absolute atomic E-state index is 0.139. The van der Waals surface area contributed by atoms with Gasteiger partial charge in [0, 0.05) is 12.2 Å². The van der Waals surface area contributed by atoms with Crippen LogP contribution < -0.4 is 5.32 Å². The highest BCUT2D eigenvalue weighted by molar-refractivity contribution is 5.42. The van der Waals surface area contributed by atoms with E-state index in [0.29, 0.717) is 6.61 Å². The Hall–Kier alpha value is -1.74. The van der Waals surface area contributed by atoms with Gasteiger partial charge in [-0.25, -0.2) is 0 Å². The minimum Gasteiger partial charge on any atom is -0.467 e. The van der Waals surface area contributed by atoms with Gasteiger partial charge in [-0.2, -0.15) is 0 Å². The molecule has 0 spiro atoms. The monoisotopic (exact) mass is 231 g/mol. The molecule has 0 bridgehead atoms. The van der Waals surface area contributed by atoms with Crippen LogP contribution in [0.3, 0.4) is 0 Å². The lowest BCUT2D eigenvalue weighted by Gasteiger charge is -2.13. The first kappa shape index (κ1) is 11.7. The molecule has 17 heavy (non-hydrogen) atoms. The van der Waals surface area contributed by atoms with Gasteiger partial charge < -0.3 is 14.5 Å². The number of hydrogen-bond donors (Lipinski definition) is 1. The van der Waals surface area contributed by atoms with E-state index in [9.17, 15) is 0 Å². The first-order chi connectivity index (χ1) is 8.34. The molecule has 0 saturated carbocycles. The molecule has 1 N–H and O–H groups in total. The highest BCUT2D eigenvalue weighted by Crippen LogP contribution is 2.07. The van der Waals surface area contributed by atoms with Gasteiger partial charge in [0.05, 0.1) is 12.4 Å². The summed E-state index contributed by atoms with van der Waals surface area (Å²) < 4.78 is 10.9. The Morgan fingerprint density at radius 1 is 1.18 bits per heavy atom. The fourth-order valence-electron chi connectivity index (χ4n) is 1.50. The molecule has 3 nitrogen and oxygen atoms in total. The predicted octanol–water partition coefficient (Wildman–Crippen LogP) is 3.30. The van der Waals surface area contributed by atoms with Gasteiger partial charge >= 0.3 is 0 Å². The van der Waals surface area contributed by atoms with Crippen molar-refractivity contribution >= 4 is 5.69 Å². The summed E-state index contributed by atoms with van der Waals surface area (Å²) in [5, 5.41) is 3.32. The predicted molar refractivity (Wildman–Crippen MR) is 67.9 cm³/mol. The third kappa shape index (κ3) is 3.96. The quantitative estimate of drug-likeness (QED) is 0.828. The number of anilines is 1. The van der Waals surface area contributed by atoms with Crippen molar-refractivity contribution in [3.8, 4) is 0 Å². The van der Waals surface area contributed by atoms with E-state index in [1.807, 2.05) is 49.4 Å². The molecule has 2 rings (SSSR count). The second-order valence-electron chi connectivity index (χ2n) is 3.95. The summed E-state index contributed by atoms with van der Waals surface area (Å²) in [6, 6.07) is 13.9. The third-order valence-corrected chi connectivity index (χ3v) is 2.46. The largest absolute Gasteiger partial charge is 0.467 e. The van der Waals surface area contributed by atoms with E-state index in [-0.39, 0.29) is 6.10 Å². The molecule has 0 aliphatic carbocycles. The van der Waals surface area contributed by atoms with Gasteiger partial charge in [0.2, 0.25) is 0 Å². The van der Waals surface area contributed by atoms with Crippen molar-refractivity contribution in [3.05, 3.63) is 54.5 Å². The zero-order chi connectivity index (χ0) is 11.9. The molecule has 0 amide bonds. The smallest absolute Gasteiger partial charge is 0.129 e. The van der Waals surface area contributed by atoms with Gasteiger partial charge in [0.25, 0.3) is 0 Å². The fourth-order valence-corrected chi connectivity index (χ4v) is 1.50. The summed E-state index contributed by atoms with van der Waals surface area (Å²) in [4.78, 5) is 0. The molecule has 1 aromatic heterocycles. The van der Waals surface area contributed by atoms with E-state index in [2.05, 4.69) is 5.32 Å². The molecule has 0 saturated heterocycles. The Balaban J connectivity index is 1.69. The lowest BCUT2D eigenvalue weighted by atomic mass is 10.3. The summed E-state index contributed by atoms with van der Waals surface area (Å²) in [5.41, 5.74) is 1.11. The van der Waals surface area contributed by atoms with Gasteiger partial charge in [0.1, 0.15) is 12.4 Å². The first-order valence-corrected chi connectivity index (χ1v) is 5.77. The molecule has 1 atom stereocenters. The van der Waals surface area contributed by atoms with Gasteiger partial charge in [-0.1, -0.05) is 18.2 Å². The molecule has 1 aromatic carbocycles. The van der Waals surface area contributed by atoms with Gasteiger partial charge in [0.15, 0.2) is 0 Å². The van der Waals surface area contributed by atoms with Crippen molar-refractivity contribution in [2.24, 2.45) is 0 Å². The van der Waals surface area contributed by atoms with E-state index in [1.165, 1.54) is 0 Å². The van der Waals surface area contributed by atoms with Crippen LogP contribution in [0.25, 0.3) is 0 Å². The van der Waals surface area contributed by atoms with E-state index >= 15 is 0 Å². The Labute approximate surface area is 101 Å². The van der Waals surface area contributed by atoms with E-state index < -0.39 is 0 Å². The molecule has 90 valence electrons. The Kier molecular flexibility index (Phi) is 4.22. The molecule has 1 heterocycles. The summed E-state index contributed by atoms with van der Waals surface area (Å²) in [5.74, 6) is 0.858. The van der Waals surface area contributed by atoms with Gasteiger partial charge in [-0.3, -0.25) is 0 Å². The molecular formula is C14H17NO2. The number of ether oxygens (including phenoxy) is 1. The van der Waals surface area contributed by atoms with Crippen molar-refractivity contribution in [3.63, 3.8) is 0 Å². The number of rotatable bonds is 6. The lowest BCUT2D eigenvalue weighted by Crippen LogP contribution is -2.19. The maximum Gasteiger partial charge on any atom is 0.129 e. The van der Waals surface area contributed by atoms with Crippen molar-refractivity contribution in [2.75, 3.05) is 11.9 Å². The van der Waals surface area contributed by atoms with E-state index in [4.69, 9.17) is 9.15 Å².